The van der Waals surface area contributed by atoms with Crippen LogP contribution in [0.2, 0.25) is 0 Å². The van der Waals surface area contributed by atoms with Gasteiger partial charge >= 0.3 is 11.9 Å². The molecule has 4 nitrogen and oxygen atoms in total. The van der Waals surface area contributed by atoms with Gasteiger partial charge in [0.05, 0.1) is 0 Å². The van der Waals surface area contributed by atoms with Gasteiger partial charge in [0.2, 0.25) is 0 Å². The highest BCUT2D eigenvalue weighted by Gasteiger charge is 2.10. The van der Waals surface area contributed by atoms with E-state index >= 15 is 0 Å². The van der Waals surface area contributed by atoms with Crippen molar-refractivity contribution in [2.75, 3.05) is 0 Å². The Kier molecular flexibility index (Phi) is 16.6. The lowest BCUT2D eigenvalue weighted by atomic mass is 10.1. The SMILES string of the molecule is CCCCCCC/C=C\C(CCCCCCC(=O)O)OC(=O)CCC. The van der Waals surface area contributed by atoms with Gasteiger partial charge < -0.3 is 9.84 Å². The third-order valence-electron chi connectivity index (χ3n) is 4.19. The van der Waals surface area contributed by atoms with Gasteiger partial charge in [0.1, 0.15) is 6.10 Å². The number of carbonyl (C=O) groups excluding carboxylic acids is 1. The van der Waals surface area contributed by atoms with Gasteiger partial charge in [-0.15, -0.1) is 0 Å². The van der Waals surface area contributed by atoms with E-state index in [4.69, 9.17) is 9.84 Å². The molecule has 0 spiro atoms. The van der Waals surface area contributed by atoms with Crippen molar-refractivity contribution in [3.63, 3.8) is 0 Å². The topological polar surface area (TPSA) is 63.6 Å². The van der Waals surface area contributed by atoms with Crippen LogP contribution >= 0.6 is 0 Å². The van der Waals surface area contributed by atoms with E-state index < -0.39 is 5.97 Å². The van der Waals surface area contributed by atoms with Crippen LogP contribution in [0.3, 0.4) is 0 Å². The average molecular weight is 355 g/mol. The maximum atomic E-state index is 11.7. The van der Waals surface area contributed by atoms with Gasteiger partial charge in [-0.25, -0.2) is 0 Å². The van der Waals surface area contributed by atoms with E-state index in [1.165, 1.54) is 32.1 Å². The zero-order valence-corrected chi connectivity index (χ0v) is 16.3. The Morgan fingerprint density at radius 1 is 0.880 bits per heavy atom. The Balaban J connectivity index is 4.04. The van der Waals surface area contributed by atoms with Crippen molar-refractivity contribution in [1.29, 1.82) is 0 Å². The molecule has 4 heteroatoms. The Labute approximate surface area is 154 Å². The van der Waals surface area contributed by atoms with Gasteiger partial charge in [0.15, 0.2) is 0 Å². The Morgan fingerprint density at radius 2 is 1.56 bits per heavy atom. The normalized spacial score (nSPS) is 12.4. The van der Waals surface area contributed by atoms with Crippen molar-refractivity contribution in [2.24, 2.45) is 0 Å². The lowest BCUT2D eigenvalue weighted by Crippen LogP contribution is -2.15. The second-order valence-electron chi connectivity index (χ2n) is 6.76. The molecule has 25 heavy (non-hydrogen) atoms. The molecule has 1 atom stereocenters. The van der Waals surface area contributed by atoms with Crippen molar-refractivity contribution in [1.82, 2.24) is 0 Å². The van der Waals surface area contributed by atoms with E-state index in [-0.39, 0.29) is 18.5 Å². The van der Waals surface area contributed by atoms with Crippen LogP contribution in [0.4, 0.5) is 0 Å². The standard InChI is InChI=1S/C21H38O4/c1-3-5-6-7-8-9-12-16-19(25-21(24)15-4-2)17-13-10-11-14-18-20(22)23/h12,16,19H,3-11,13-15,17-18H2,1-2H3,(H,22,23)/b16-12-. The number of carboxylic acids is 1. The van der Waals surface area contributed by atoms with E-state index in [0.717, 1.165) is 44.9 Å². The zero-order valence-electron chi connectivity index (χ0n) is 16.3. The molecule has 0 aliphatic carbocycles. The molecule has 146 valence electrons. The van der Waals surface area contributed by atoms with Crippen LogP contribution in [0.25, 0.3) is 0 Å². The van der Waals surface area contributed by atoms with Crippen molar-refractivity contribution in [3.05, 3.63) is 12.2 Å². The minimum atomic E-state index is -0.728. The van der Waals surface area contributed by atoms with Crippen LogP contribution in [-0.4, -0.2) is 23.1 Å². The van der Waals surface area contributed by atoms with Crippen LogP contribution in [0.5, 0.6) is 0 Å². The molecular formula is C21H38O4. The van der Waals surface area contributed by atoms with E-state index in [9.17, 15) is 9.59 Å². The molecule has 0 aliphatic rings. The van der Waals surface area contributed by atoms with E-state index in [1.807, 2.05) is 13.0 Å². The molecule has 0 rings (SSSR count). The number of allylic oxidation sites excluding steroid dienone is 1. The predicted molar refractivity (Wildman–Crippen MR) is 103 cm³/mol. The summed E-state index contributed by atoms with van der Waals surface area (Å²) in [5, 5.41) is 8.63. The monoisotopic (exact) mass is 354 g/mol. The van der Waals surface area contributed by atoms with E-state index in [0.29, 0.717) is 6.42 Å². The summed E-state index contributed by atoms with van der Waals surface area (Å²) >= 11 is 0. The fourth-order valence-electron chi connectivity index (χ4n) is 2.72. The maximum absolute atomic E-state index is 11.7. The highest BCUT2D eigenvalue weighted by molar-refractivity contribution is 5.69. The van der Waals surface area contributed by atoms with Crippen LogP contribution in [0.1, 0.15) is 104 Å². The first kappa shape index (κ1) is 23.7. The first-order valence-electron chi connectivity index (χ1n) is 10.2. The molecule has 0 radical (unpaired) electrons. The van der Waals surface area contributed by atoms with Crippen LogP contribution in [0.15, 0.2) is 12.2 Å². The van der Waals surface area contributed by atoms with Crippen molar-refractivity contribution in [3.8, 4) is 0 Å². The molecule has 0 bridgehead atoms. The molecular weight excluding hydrogens is 316 g/mol. The number of carbonyl (C=O) groups is 2. The third-order valence-corrected chi connectivity index (χ3v) is 4.19. The molecule has 1 unspecified atom stereocenters. The van der Waals surface area contributed by atoms with Crippen molar-refractivity contribution < 1.29 is 19.4 Å². The van der Waals surface area contributed by atoms with Crippen molar-refractivity contribution >= 4 is 11.9 Å². The molecule has 0 saturated carbocycles. The summed E-state index contributed by atoms with van der Waals surface area (Å²) in [6.45, 7) is 4.20. The molecule has 0 aliphatic heterocycles. The lowest BCUT2D eigenvalue weighted by molar-refractivity contribution is -0.147. The fourth-order valence-corrected chi connectivity index (χ4v) is 2.72. The molecule has 0 heterocycles. The van der Waals surface area contributed by atoms with Gasteiger partial charge in [-0.3, -0.25) is 9.59 Å². The maximum Gasteiger partial charge on any atom is 0.306 e. The minimum Gasteiger partial charge on any atom is -0.481 e. The fraction of sp³-hybridized carbons (Fsp3) is 0.810. The Bertz CT molecular complexity index is 363. The number of hydrogen-bond donors (Lipinski definition) is 1. The van der Waals surface area contributed by atoms with Gasteiger partial charge in [-0.2, -0.15) is 0 Å². The number of aliphatic carboxylic acids is 1. The minimum absolute atomic E-state index is 0.119. The number of carboxylic acid groups (broad SMARTS) is 1. The van der Waals surface area contributed by atoms with Gasteiger partial charge in [0, 0.05) is 12.8 Å². The Morgan fingerprint density at radius 3 is 2.24 bits per heavy atom. The molecule has 0 amide bonds. The third kappa shape index (κ3) is 17.3. The first-order valence-corrected chi connectivity index (χ1v) is 10.2. The second-order valence-corrected chi connectivity index (χ2v) is 6.76. The van der Waals surface area contributed by atoms with Crippen LogP contribution in [-0.2, 0) is 14.3 Å². The summed E-state index contributed by atoms with van der Waals surface area (Å²) in [6, 6.07) is 0. The summed E-state index contributed by atoms with van der Waals surface area (Å²) in [4.78, 5) is 22.2. The number of esters is 1. The summed E-state index contributed by atoms with van der Waals surface area (Å²) in [7, 11) is 0. The smallest absolute Gasteiger partial charge is 0.306 e. The van der Waals surface area contributed by atoms with Crippen LogP contribution in [0, 0.1) is 0 Å². The summed E-state index contributed by atoms with van der Waals surface area (Å²) in [5.74, 6) is -0.848. The molecule has 1 N–H and O–H groups in total. The van der Waals surface area contributed by atoms with Gasteiger partial charge in [-0.1, -0.05) is 58.4 Å². The number of ether oxygens (including phenoxy) is 1. The number of unbranched alkanes of at least 4 members (excludes halogenated alkanes) is 8. The van der Waals surface area contributed by atoms with Crippen molar-refractivity contribution in [2.45, 2.75) is 110 Å². The predicted octanol–water partition coefficient (Wildman–Crippen LogP) is 6.04. The highest BCUT2D eigenvalue weighted by Crippen LogP contribution is 2.13. The average Bonchev–Trinajstić information content (AvgIpc) is 2.56. The number of rotatable bonds is 17. The molecule has 0 aromatic carbocycles. The Hall–Kier alpha value is -1.32. The zero-order chi connectivity index (χ0) is 18.8. The second kappa shape index (κ2) is 17.5. The van der Waals surface area contributed by atoms with E-state index in [1.54, 1.807) is 0 Å². The summed E-state index contributed by atoms with van der Waals surface area (Å²) in [6.07, 6.45) is 17.4. The highest BCUT2D eigenvalue weighted by atomic mass is 16.5. The van der Waals surface area contributed by atoms with Gasteiger partial charge in [0.25, 0.3) is 0 Å². The quantitative estimate of drug-likeness (QED) is 0.196. The lowest BCUT2D eigenvalue weighted by Gasteiger charge is -2.14. The van der Waals surface area contributed by atoms with E-state index in [2.05, 4.69) is 13.0 Å². The summed E-state index contributed by atoms with van der Waals surface area (Å²) in [5.41, 5.74) is 0. The molecule has 0 fully saturated rings. The molecule has 0 aromatic rings. The first-order chi connectivity index (χ1) is 12.1. The van der Waals surface area contributed by atoms with Gasteiger partial charge in [-0.05, 0) is 44.6 Å². The molecule has 0 aromatic heterocycles. The molecule has 0 saturated heterocycles. The summed E-state index contributed by atoms with van der Waals surface area (Å²) < 4.78 is 5.56. The largest absolute Gasteiger partial charge is 0.481 e. The van der Waals surface area contributed by atoms with Crippen LogP contribution < -0.4 is 0 Å². The number of hydrogen-bond acceptors (Lipinski definition) is 3.